The third-order valence-electron chi connectivity index (χ3n) is 2.30. The maximum Gasteiger partial charge on any atom is 0.0163 e. The van der Waals surface area contributed by atoms with E-state index in [0.29, 0.717) is 12.0 Å². The van der Waals surface area contributed by atoms with Crippen molar-refractivity contribution >= 4 is 0 Å². The number of hydrogen-bond acceptors (Lipinski definition) is 2. The van der Waals surface area contributed by atoms with Crippen molar-refractivity contribution in [1.29, 1.82) is 0 Å². The van der Waals surface area contributed by atoms with Gasteiger partial charge in [0.25, 0.3) is 0 Å². The van der Waals surface area contributed by atoms with Gasteiger partial charge in [-0.2, -0.15) is 0 Å². The molecule has 2 N–H and O–H groups in total. The van der Waals surface area contributed by atoms with E-state index in [-0.39, 0.29) is 0 Å². The molecule has 2 nitrogen and oxygen atoms in total. The van der Waals surface area contributed by atoms with E-state index in [1.54, 1.807) is 0 Å². The summed E-state index contributed by atoms with van der Waals surface area (Å²) in [5.41, 5.74) is 5.52. The van der Waals surface area contributed by atoms with Crippen LogP contribution in [0.3, 0.4) is 0 Å². The summed E-state index contributed by atoms with van der Waals surface area (Å²) in [5, 5.41) is 0. The van der Waals surface area contributed by atoms with Crippen molar-refractivity contribution in [3.63, 3.8) is 0 Å². The van der Waals surface area contributed by atoms with Gasteiger partial charge in [0.1, 0.15) is 0 Å². The second kappa shape index (κ2) is 7.10. The molecule has 0 amide bonds. The van der Waals surface area contributed by atoms with Crippen LogP contribution in [0.1, 0.15) is 27.2 Å². The van der Waals surface area contributed by atoms with E-state index < -0.39 is 0 Å². The molecule has 0 aliphatic rings. The molecule has 0 spiro atoms. The lowest BCUT2D eigenvalue weighted by Gasteiger charge is -2.27. The molecular weight excluding hydrogens is 160 g/mol. The average molecular weight is 184 g/mol. The van der Waals surface area contributed by atoms with E-state index in [0.717, 1.165) is 26.1 Å². The van der Waals surface area contributed by atoms with Gasteiger partial charge in [0, 0.05) is 19.1 Å². The quantitative estimate of drug-likeness (QED) is 0.612. The molecule has 0 fully saturated rings. The second-order valence-electron chi connectivity index (χ2n) is 4.02. The predicted octanol–water partition coefficient (Wildman–Crippen LogP) is 1.87. The van der Waals surface area contributed by atoms with Gasteiger partial charge in [-0.3, -0.25) is 4.90 Å². The molecule has 0 aromatic heterocycles. The highest BCUT2D eigenvalue weighted by Gasteiger charge is 2.11. The number of nitrogens with two attached hydrogens (primary N) is 1. The number of nitrogens with zero attached hydrogens (tertiary/aromatic N) is 1. The first kappa shape index (κ1) is 12.7. The smallest absolute Gasteiger partial charge is 0.0163 e. The maximum atomic E-state index is 5.52. The van der Waals surface area contributed by atoms with Gasteiger partial charge in [-0.15, -0.1) is 6.58 Å². The van der Waals surface area contributed by atoms with Crippen LogP contribution in [0.5, 0.6) is 0 Å². The zero-order valence-corrected chi connectivity index (χ0v) is 9.29. The van der Waals surface area contributed by atoms with Crippen molar-refractivity contribution in [1.82, 2.24) is 4.90 Å². The predicted molar refractivity (Wildman–Crippen MR) is 59.7 cm³/mol. The van der Waals surface area contributed by atoms with Crippen molar-refractivity contribution in [2.24, 2.45) is 11.7 Å². The minimum Gasteiger partial charge on any atom is -0.330 e. The summed E-state index contributed by atoms with van der Waals surface area (Å²) in [6.45, 7) is 13.4. The minimum absolute atomic E-state index is 0.596. The Bertz CT molecular complexity index is 132. The highest BCUT2D eigenvalue weighted by atomic mass is 15.1. The van der Waals surface area contributed by atoms with Crippen LogP contribution in [0.15, 0.2) is 12.7 Å². The lowest BCUT2D eigenvalue weighted by Crippen LogP contribution is -2.35. The average Bonchev–Trinajstić information content (AvgIpc) is 2.04. The van der Waals surface area contributed by atoms with Crippen LogP contribution in [0.4, 0.5) is 0 Å². The van der Waals surface area contributed by atoms with E-state index in [1.165, 1.54) is 0 Å². The summed E-state index contributed by atoms with van der Waals surface area (Å²) in [4.78, 5) is 2.42. The molecule has 78 valence electrons. The Hall–Kier alpha value is -0.340. The summed E-state index contributed by atoms with van der Waals surface area (Å²) in [6.07, 6.45) is 3.08. The molecular formula is C11H24N2. The summed E-state index contributed by atoms with van der Waals surface area (Å²) in [7, 11) is 0. The van der Waals surface area contributed by atoms with E-state index in [1.807, 2.05) is 6.08 Å². The molecule has 0 rings (SSSR count). The fraction of sp³-hybridized carbons (Fsp3) is 0.818. The lowest BCUT2D eigenvalue weighted by molar-refractivity contribution is 0.209. The van der Waals surface area contributed by atoms with Crippen LogP contribution in [-0.4, -0.2) is 30.6 Å². The van der Waals surface area contributed by atoms with E-state index >= 15 is 0 Å². The van der Waals surface area contributed by atoms with Gasteiger partial charge >= 0.3 is 0 Å². The molecule has 1 atom stereocenters. The van der Waals surface area contributed by atoms with Gasteiger partial charge in [-0.25, -0.2) is 0 Å². The first-order chi connectivity index (χ1) is 6.11. The molecule has 0 radical (unpaired) electrons. The Labute approximate surface area is 82.8 Å². The molecule has 13 heavy (non-hydrogen) atoms. The molecule has 0 heterocycles. The molecule has 0 aromatic rings. The topological polar surface area (TPSA) is 29.3 Å². The summed E-state index contributed by atoms with van der Waals surface area (Å²) >= 11 is 0. The molecule has 0 aliphatic carbocycles. The normalized spacial score (nSPS) is 13.7. The fourth-order valence-corrected chi connectivity index (χ4v) is 1.44. The lowest BCUT2D eigenvalue weighted by atomic mass is 10.1. The third-order valence-corrected chi connectivity index (χ3v) is 2.30. The zero-order valence-electron chi connectivity index (χ0n) is 9.29. The van der Waals surface area contributed by atoms with Crippen LogP contribution in [0.25, 0.3) is 0 Å². The van der Waals surface area contributed by atoms with Crippen LogP contribution in [-0.2, 0) is 0 Å². The molecule has 0 aliphatic heterocycles. The standard InChI is InChI=1S/C11H24N2/c1-5-8-13(10(2)3)9-11(4)6-7-12/h5,10-11H,1,6-9,12H2,2-4H3. The van der Waals surface area contributed by atoms with Gasteiger partial charge in [-0.1, -0.05) is 13.0 Å². The second-order valence-corrected chi connectivity index (χ2v) is 4.02. The first-order valence-electron chi connectivity index (χ1n) is 5.16. The molecule has 2 heteroatoms. The number of rotatable bonds is 7. The summed E-state index contributed by atoms with van der Waals surface area (Å²) in [6, 6.07) is 0.596. The zero-order chi connectivity index (χ0) is 10.3. The van der Waals surface area contributed by atoms with Gasteiger partial charge in [-0.05, 0) is 32.7 Å². The van der Waals surface area contributed by atoms with E-state index in [4.69, 9.17) is 5.73 Å². The summed E-state index contributed by atoms with van der Waals surface area (Å²) in [5.74, 6) is 0.687. The van der Waals surface area contributed by atoms with E-state index in [9.17, 15) is 0 Å². The fourth-order valence-electron chi connectivity index (χ4n) is 1.44. The van der Waals surface area contributed by atoms with Crippen LogP contribution in [0.2, 0.25) is 0 Å². The molecule has 0 aromatic carbocycles. The Kier molecular flexibility index (Phi) is 6.92. The Morgan fingerprint density at radius 1 is 1.38 bits per heavy atom. The Morgan fingerprint density at radius 3 is 2.38 bits per heavy atom. The minimum atomic E-state index is 0.596. The van der Waals surface area contributed by atoms with Gasteiger partial charge in [0.15, 0.2) is 0 Å². The van der Waals surface area contributed by atoms with Crippen molar-refractivity contribution in [2.75, 3.05) is 19.6 Å². The molecule has 0 saturated carbocycles. The summed E-state index contributed by atoms with van der Waals surface area (Å²) < 4.78 is 0. The van der Waals surface area contributed by atoms with Gasteiger partial charge in [0.2, 0.25) is 0 Å². The van der Waals surface area contributed by atoms with Crippen molar-refractivity contribution in [3.05, 3.63) is 12.7 Å². The maximum absolute atomic E-state index is 5.52. The van der Waals surface area contributed by atoms with Gasteiger partial charge in [0.05, 0.1) is 0 Å². The largest absolute Gasteiger partial charge is 0.330 e. The molecule has 0 saturated heterocycles. The Balaban J connectivity index is 3.85. The van der Waals surface area contributed by atoms with Gasteiger partial charge < -0.3 is 5.73 Å². The highest BCUT2D eigenvalue weighted by molar-refractivity contribution is 4.76. The Morgan fingerprint density at radius 2 is 2.00 bits per heavy atom. The van der Waals surface area contributed by atoms with E-state index in [2.05, 4.69) is 32.3 Å². The van der Waals surface area contributed by atoms with Crippen molar-refractivity contribution in [3.8, 4) is 0 Å². The van der Waals surface area contributed by atoms with Crippen LogP contribution >= 0.6 is 0 Å². The molecule has 0 bridgehead atoms. The first-order valence-corrected chi connectivity index (χ1v) is 5.16. The number of hydrogen-bond donors (Lipinski definition) is 1. The van der Waals surface area contributed by atoms with Crippen LogP contribution < -0.4 is 5.73 Å². The van der Waals surface area contributed by atoms with Crippen molar-refractivity contribution in [2.45, 2.75) is 33.2 Å². The van der Waals surface area contributed by atoms with Crippen molar-refractivity contribution < 1.29 is 0 Å². The monoisotopic (exact) mass is 184 g/mol. The van der Waals surface area contributed by atoms with Crippen LogP contribution in [0, 0.1) is 5.92 Å². The highest BCUT2D eigenvalue weighted by Crippen LogP contribution is 2.07. The molecule has 1 unspecified atom stereocenters. The SMILES string of the molecule is C=CCN(CC(C)CCN)C(C)C. The third kappa shape index (κ3) is 5.83.